The van der Waals surface area contributed by atoms with Crippen LogP contribution in [0.5, 0.6) is 0 Å². The smallest absolute Gasteiger partial charge is 0.323 e. The Balaban J connectivity index is 2.13. The number of carboxylic acids is 1. The van der Waals surface area contributed by atoms with Crippen LogP contribution in [0.4, 0.5) is 5.69 Å². The van der Waals surface area contributed by atoms with E-state index in [1.807, 2.05) is 54.6 Å². The number of fused-ring (bicyclic) bond motifs is 1. The second-order valence-electron chi connectivity index (χ2n) is 4.17. The van der Waals surface area contributed by atoms with E-state index in [0.29, 0.717) is 5.71 Å². The van der Waals surface area contributed by atoms with Crippen molar-refractivity contribution in [3.63, 3.8) is 0 Å². The molecule has 19 heavy (non-hydrogen) atoms. The van der Waals surface area contributed by atoms with Crippen LogP contribution in [-0.4, -0.2) is 22.0 Å². The highest BCUT2D eigenvalue weighted by Crippen LogP contribution is 2.39. The van der Waals surface area contributed by atoms with E-state index in [-0.39, 0.29) is 0 Å². The van der Waals surface area contributed by atoms with Crippen molar-refractivity contribution in [3.8, 4) is 0 Å². The molecule has 3 nitrogen and oxygen atoms in total. The lowest BCUT2D eigenvalue weighted by Gasteiger charge is -2.21. The quantitative estimate of drug-likeness (QED) is 0.909. The van der Waals surface area contributed by atoms with Crippen molar-refractivity contribution in [1.82, 2.24) is 0 Å². The van der Waals surface area contributed by atoms with Gasteiger partial charge in [0.2, 0.25) is 0 Å². The van der Waals surface area contributed by atoms with Crippen molar-refractivity contribution in [2.75, 3.05) is 0 Å². The number of thioether (sulfide) groups is 1. The van der Waals surface area contributed by atoms with E-state index in [0.717, 1.165) is 16.1 Å². The van der Waals surface area contributed by atoms with Gasteiger partial charge in [-0.05, 0) is 17.7 Å². The molecule has 4 heteroatoms. The zero-order valence-corrected chi connectivity index (χ0v) is 10.8. The Morgan fingerprint density at radius 2 is 1.74 bits per heavy atom. The van der Waals surface area contributed by atoms with Gasteiger partial charge in [-0.3, -0.25) is 4.79 Å². The summed E-state index contributed by atoms with van der Waals surface area (Å²) in [6.07, 6.45) is 0. The number of para-hydroxylation sites is 1. The van der Waals surface area contributed by atoms with Crippen LogP contribution in [0.3, 0.4) is 0 Å². The van der Waals surface area contributed by atoms with Crippen molar-refractivity contribution in [2.45, 2.75) is 10.1 Å². The van der Waals surface area contributed by atoms with Crippen molar-refractivity contribution in [3.05, 3.63) is 60.2 Å². The molecule has 0 aromatic heterocycles. The van der Waals surface area contributed by atoms with E-state index in [1.54, 1.807) is 0 Å². The Kier molecular flexibility index (Phi) is 3.09. The van der Waals surface area contributed by atoms with Gasteiger partial charge in [-0.25, -0.2) is 4.99 Å². The molecule has 1 N–H and O–H groups in total. The molecule has 0 fully saturated rings. The number of hydrogen-bond donors (Lipinski definition) is 1. The minimum Gasteiger partial charge on any atom is -0.480 e. The summed E-state index contributed by atoms with van der Waals surface area (Å²) in [5.41, 5.74) is 2.30. The SMILES string of the molecule is O=C(O)[C@@H]1Sc2ccccc2N=C1c1ccccc1. The number of aliphatic imine (C=N–C) groups is 1. The van der Waals surface area contributed by atoms with Gasteiger partial charge in [0.05, 0.1) is 11.4 Å². The summed E-state index contributed by atoms with van der Waals surface area (Å²) in [7, 11) is 0. The first-order valence-corrected chi connectivity index (χ1v) is 6.76. The molecule has 0 saturated heterocycles. The third-order valence-electron chi connectivity index (χ3n) is 2.89. The summed E-state index contributed by atoms with van der Waals surface area (Å²) in [5.74, 6) is -0.859. The lowest BCUT2D eigenvalue weighted by molar-refractivity contribution is -0.135. The zero-order chi connectivity index (χ0) is 13.2. The van der Waals surface area contributed by atoms with Gasteiger partial charge in [0.25, 0.3) is 0 Å². The van der Waals surface area contributed by atoms with E-state index in [9.17, 15) is 9.90 Å². The van der Waals surface area contributed by atoms with Gasteiger partial charge in [0.15, 0.2) is 0 Å². The fourth-order valence-electron chi connectivity index (χ4n) is 2.01. The summed E-state index contributed by atoms with van der Waals surface area (Å²) in [6.45, 7) is 0. The molecule has 1 aliphatic rings. The number of aliphatic carboxylic acids is 1. The average molecular weight is 269 g/mol. The fraction of sp³-hybridized carbons (Fsp3) is 0.0667. The molecule has 0 aliphatic carbocycles. The second-order valence-corrected chi connectivity index (χ2v) is 5.31. The van der Waals surface area contributed by atoms with Crippen LogP contribution in [0.2, 0.25) is 0 Å². The van der Waals surface area contributed by atoms with E-state index < -0.39 is 11.2 Å². The number of carboxylic acid groups (broad SMARTS) is 1. The normalized spacial score (nSPS) is 17.5. The molecule has 0 unspecified atom stereocenters. The van der Waals surface area contributed by atoms with E-state index >= 15 is 0 Å². The summed E-state index contributed by atoms with van der Waals surface area (Å²) in [5, 5.41) is 8.74. The highest BCUT2D eigenvalue weighted by atomic mass is 32.2. The molecule has 2 aromatic rings. The summed E-state index contributed by atoms with van der Waals surface area (Å²) >= 11 is 1.34. The van der Waals surface area contributed by atoms with Crippen LogP contribution in [0.15, 0.2) is 64.5 Å². The van der Waals surface area contributed by atoms with Gasteiger partial charge in [-0.15, -0.1) is 11.8 Å². The largest absolute Gasteiger partial charge is 0.480 e. The minimum atomic E-state index is -0.859. The maximum absolute atomic E-state index is 11.4. The number of benzene rings is 2. The Labute approximate surface area is 115 Å². The zero-order valence-electron chi connectivity index (χ0n) is 9.98. The molecule has 0 radical (unpaired) electrons. The Bertz CT molecular complexity index is 652. The summed E-state index contributed by atoms with van der Waals surface area (Å²) in [4.78, 5) is 16.9. The molecular formula is C15H11NO2S. The van der Waals surface area contributed by atoms with Crippen LogP contribution >= 0.6 is 11.8 Å². The number of hydrogen-bond acceptors (Lipinski definition) is 3. The molecule has 1 atom stereocenters. The van der Waals surface area contributed by atoms with Gasteiger partial charge in [-0.1, -0.05) is 42.5 Å². The van der Waals surface area contributed by atoms with Gasteiger partial charge >= 0.3 is 5.97 Å². The van der Waals surface area contributed by atoms with Crippen molar-refractivity contribution >= 4 is 29.1 Å². The van der Waals surface area contributed by atoms with Crippen molar-refractivity contribution in [1.29, 1.82) is 0 Å². The van der Waals surface area contributed by atoms with Crippen LogP contribution < -0.4 is 0 Å². The molecule has 3 rings (SSSR count). The van der Waals surface area contributed by atoms with Gasteiger partial charge in [0.1, 0.15) is 5.25 Å². The van der Waals surface area contributed by atoms with E-state index in [2.05, 4.69) is 4.99 Å². The maximum atomic E-state index is 11.4. The summed E-state index contributed by atoms with van der Waals surface area (Å²) in [6, 6.07) is 17.1. The Morgan fingerprint density at radius 3 is 2.47 bits per heavy atom. The molecule has 0 saturated carbocycles. The van der Waals surface area contributed by atoms with E-state index in [1.165, 1.54) is 11.8 Å². The topological polar surface area (TPSA) is 49.7 Å². The first-order valence-electron chi connectivity index (χ1n) is 5.88. The first kappa shape index (κ1) is 12.0. The lowest BCUT2D eigenvalue weighted by Crippen LogP contribution is -2.29. The first-order chi connectivity index (χ1) is 9.25. The Hall–Kier alpha value is -2.07. The maximum Gasteiger partial charge on any atom is 0.323 e. The van der Waals surface area contributed by atoms with Crippen molar-refractivity contribution in [2.24, 2.45) is 4.99 Å². The second kappa shape index (κ2) is 4.90. The molecular weight excluding hydrogens is 258 g/mol. The van der Waals surface area contributed by atoms with Crippen molar-refractivity contribution < 1.29 is 9.90 Å². The molecule has 1 heterocycles. The predicted molar refractivity (Wildman–Crippen MR) is 76.4 cm³/mol. The van der Waals surface area contributed by atoms with Crippen LogP contribution in [0.1, 0.15) is 5.56 Å². The molecule has 1 aliphatic heterocycles. The van der Waals surface area contributed by atoms with Gasteiger partial charge in [0, 0.05) is 4.90 Å². The minimum absolute atomic E-state index is 0.608. The van der Waals surface area contributed by atoms with Gasteiger partial charge < -0.3 is 5.11 Å². The van der Waals surface area contributed by atoms with Crippen LogP contribution in [0.25, 0.3) is 0 Å². The highest BCUT2D eigenvalue weighted by Gasteiger charge is 2.30. The van der Waals surface area contributed by atoms with E-state index in [4.69, 9.17) is 0 Å². The third kappa shape index (κ3) is 2.27. The van der Waals surface area contributed by atoms with Crippen LogP contribution in [0, 0.1) is 0 Å². The number of nitrogens with zero attached hydrogens (tertiary/aromatic N) is 1. The molecule has 94 valence electrons. The standard InChI is InChI=1S/C15H11NO2S/c17-15(18)14-13(10-6-2-1-3-7-10)16-11-8-4-5-9-12(11)19-14/h1-9,14H,(H,17,18)/t14-/m1/s1. The fourth-order valence-corrected chi connectivity index (χ4v) is 3.06. The lowest BCUT2D eigenvalue weighted by atomic mass is 10.1. The molecule has 0 amide bonds. The molecule has 2 aromatic carbocycles. The monoisotopic (exact) mass is 269 g/mol. The average Bonchev–Trinajstić information content (AvgIpc) is 2.46. The van der Waals surface area contributed by atoms with Crippen LogP contribution in [-0.2, 0) is 4.79 Å². The number of carbonyl (C=O) groups is 1. The highest BCUT2D eigenvalue weighted by molar-refractivity contribution is 8.01. The third-order valence-corrected chi connectivity index (χ3v) is 4.15. The van der Waals surface area contributed by atoms with Gasteiger partial charge in [-0.2, -0.15) is 0 Å². The number of rotatable bonds is 2. The summed E-state index contributed by atoms with van der Waals surface area (Å²) < 4.78 is 0. The molecule has 0 bridgehead atoms. The predicted octanol–water partition coefficient (Wildman–Crippen LogP) is 3.37. The molecule has 0 spiro atoms. The Morgan fingerprint density at radius 1 is 1.05 bits per heavy atom.